The van der Waals surface area contributed by atoms with Crippen molar-refractivity contribution in [3.05, 3.63) is 0 Å². The minimum absolute atomic E-state index is 0.0131. The third kappa shape index (κ3) is 14.1. The van der Waals surface area contributed by atoms with E-state index in [-0.39, 0.29) is 32.8 Å². The second-order valence-corrected chi connectivity index (χ2v) is 6.77. The molecular weight excluding hydrogens is 462 g/mol. The fraction of sp³-hybridized carbons (Fsp3) is 0.706. The Morgan fingerprint density at radius 2 is 1.35 bits per heavy atom. The Labute approximate surface area is 194 Å². The van der Waals surface area contributed by atoms with Gasteiger partial charge in [-0.3, -0.25) is 19.2 Å². The Bertz CT molecular complexity index is 679. The van der Waals surface area contributed by atoms with Crippen molar-refractivity contribution in [3.8, 4) is 0 Å². The second-order valence-electron chi connectivity index (χ2n) is 6.77. The summed E-state index contributed by atoms with van der Waals surface area (Å²) in [6.45, 7) is -1.65. The Hall–Kier alpha value is -3.09. The van der Waals surface area contributed by atoms with E-state index in [9.17, 15) is 29.1 Å². The number of hydrogen-bond acceptors (Lipinski definition) is 11. The maximum absolute atomic E-state index is 12.0. The number of nitrogens with one attached hydrogen (secondary N) is 4. The van der Waals surface area contributed by atoms with Crippen molar-refractivity contribution in [3.63, 3.8) is 0 Å². The first-order valence-corrected chi connectivity index (χ1v) is 10.0. The van der Waals surface area contributed by atoms with Gasteiger partial charge in [0, 0.05) is 13.0 Å². The molecule has 0 aliphatic rings. The lowest BCUT2D eigenvalue weighted by molar-refractivity contribution is -0.131. The van der Waals surface area contributed by atoms with E-state index in [0.29, 0.717) is 0 Å². The number of carbonyl (C=O) groups is 5. The van der Waals surface area contributed by atoms with Crippen molar-refractivity contribution >= 4 is 29.7 Å². The van der Waals surface area contributed by atoms with Crippen molar-refractivity contribution in [1.82, 2.24) is 21.3 Å². The van der Waals surface area contributed by atoms with E-state index in [4.69, 9.17) is 36.9 Å². The number of aliphatic hydroxyl groups excluding tert-OH is 3. The molecule has 0 fully saturated rings. The van der Waals surface area contributed by atoms with Gasteiger partial charge in [-0.1, -0.05) is 0 Å². The Kier molecular flexibility index (Phi) is 15.8. The van der Waals surface area contributed by atoms with Crippen LogP contribution in [0.1, 0.15) is 6.42 Å². The highest BCUT2D eigenvalue weighted by atomic mass is 16.5. The van der Waals surface area contributed by atoms with Gasteiger partial charge in [0.05, 0.1) is 33.0 Å². The summed E-state index contributed by atoms with van der Waals surface area (Å²) < 4.78 is 10.2. The van der Waals surface area contributed by atoms with Gasteiger partial charge >= 0.3 is 6.03 Å². The summed E-state index contributed by atoms with van der Waals surface area (Å²) in [6, 6.07) is -4.83. The predicted molar refractivity (Wildman–Crippen MR) is 113 cm³/mol. The van der Waals surface area contributed by atoms with Gasteiger partial charge in [-0.05, 0) is 0 Å². The highest BCUT2D eigenvalue weighted by Gasteiger charge is 2.24. The lowest BCUT2D eigenvalue weighted by Gasteiger charge is -2.20. The molecule has 0 heterocycles. The number of urea groups is 1. The minimum Gasteiger partial charge on any atom is -0.394 e. The van der Waals surface area contributed by atoms with Crippen molar-refractivity contribution < 1.29 is 48.8 Å². The average molecular weight is 495 g/mol. The molecule has 0 bridgehead atoms. The topological polar surface area (TPSA) is 291 Å². The zero-order valence-electron chi connectivity index (χ0n) is 18.4. The molecule has 0 aromatic carbocycles. The molecule has 0 radical (unpaired) electrons. The zero-order valence-corrected chi connectivity index (χ0v) is 18.4. The van der Waals surface area contributed by atoms with E-state index in [1.165, 1.54) is 0 Å². The number of nitrogens with two attached hydrogens (primary N) is 3. The molecule has 34 heavy (non-hydrogen) atoms. The SMILES string of the molecule is NC(=O)C(CO)NC(=O)COCCOCCNC(=O)C(CO)NC(=O)NC(CC(N)O)C(N)=O. The Balaban J connectivity index is 4.09. The number of amides is 6. The molecule has 0 saturated carbocycles. The minimum atomic E-state index is -1.40. The number of carbonyl (C=O) groups excluding carboxylic acids is 5. The van der Waals surface area contributed by atoms with Crippen molar-refractivity contribution in [2.24, 2.45) is 17.2 Å². The van der Waals surface area contributed by atoms with Crippen LogP contribution in [0.5, 0.6) is 0 Å². The van der Waals surface area contributed by atoms with Gasteiger partial charge in [0.1, 0.15) is 31.0 Å². The monoisotopic (exact) mass is 495 g/mol. The van der Waals surface area contributed by atoms with Crippen LogP contribution in [0.3, 0.4) is 0 Å². The van der Waals surface area contributed by atoms with Crippen LogP contribution >= 0.6 is 0 Å². The van der Waals surface area contributed by atoms with E-state index >= 15 is 0 Å². The fourth-order valence-electron chi connectivity index (χ4n) is 2.24. The van der Waals surface area contributed by atoms with Gasteiger partial charge in [0.15, 0.2) is 0 Å². The number of ether oxygens (including phenoxy) is 2. The van der Waals surface area contributed by atoms with Crippen LogP contribution in [0.25, 0.3) is 0 Å². The van der Waals surface area contributed by atoms with Crippen LogP contribution in [-0.4, -0.2) is 116 Å². The quantitative estimate of drug-likeness (QED) is 0.0629. The number of hydrogen-bond donors (Lipinski definition) is 10. The molecule has 6 amide bonds. The fourth-order valence-corrected chi connectivity index (χ4v) is 2.24. The van der Waals surface area contributed by atoms with Crippen LogP contribution < -0.4 is 38.5 Å². The highest BCUT2D eigenvalue weighted by molar-refractivity contribution is 5.90. The molecule has 0 saturated heterocycles. The summed E-state index contributed by atoms with van der Waals surface area (Å²) in [7, 11) is 0. The average Bonchev–Trinajstić information content (AvgIpc) is 2.76. The van der Waals surface area contributed by atoms with Gasteiger partial charge in [-0.15, -0.1) is 0 Å². The second kappa shape index (κ2) is 17.4. The maximum atomic E-state index is 12.0. The summed E-state index contributed by atoms with van der Waals surface area (Å²) >= 11 is 0. The van der Waals surface area contributed by atoms with Gasteiger partial charge in [0.2, 0.25) is 23.6 Å². The molecule has 0 aliphatic heterocycles. The largest absolute Gasteiger partial charge is 0.394 e. The number of aliphatic hydroxyl groups is 3. The van der Waals surface area contributed by atoms with E-state index in [1.54, 1.807) is 0 Å². The van der Waals surface area contributed by atoms with Crippen LogP contribution in [0.2, 0.25) is 0 Å². The van der Waals surface area contributed by atoms with Crippen LogP contribution in [-0.2, 0) is 28.7 Å². The molecule has 0 rings (SSSR count). The molecule has 4 unspecified atom stereocenters. The van der Waals surface area contributed by atoms with E-state index in [2.05, 4.69) is 21.3 Å². The van der Waals surface area contributed by atoms with Crippen LogP contribution in [0.15, 0.2) is 0 Å². The molecular formula is C17H33N7O10. The van der Waals surface area contributed by atoms with E-state index in [1.807, 2.05) is 0 Å². The zero-order chi connectivity index (χ0) is 26.1. The molecule has 0 aromatic heterocycles. The summed E-state index contributed by atoms with van der Waals surface area (Å²) in [5.41, 5.74) is 15.2. The summed E-state index contributed by atoms with van der Waals surface area (Å²) in [5, 5.41) is 36.1. The first-order chi connectivity index (χ1) is 16.0. The third-order valence-electron chi connectivity index (χ3n) is 3.94. The van der Waals surface area contributed by atoms with Gasteiger partial charge in [-0.2, -0.15) is 0 Å². The molecule has 17 nitrogen and oxygen atoms in total. The van der Waals surface area contributed by atoms with Gasteiger partial charge in [-0.25, -0.2) is 4.79 Å². The molecule has 13 N–H and O–H groups in total. The van der Waals surface area contributed by atoms with E-state index in [0.717, 1.165) is 0 Å². The molecule has 0 aliphatic carbocycles. The molecule has 4 atom stereocenters. The van der Waals surface area contributed by atoms with E-state index < -0.39 is 73.8 Å². The molecule has 0 spiro atoms. The van der Waals surface area contributed by atoms with Crippen LogP contribution in [0.4, 0.5) is 4.79 Å². The van der Waals surface area contributed by atoms with Crippen molar-refractivity contribution in [1.29, 1.82) is 0 Å². The van der Waals surface area contributed by atoms with Crippen molar-refractivity contribution in [2.75, 3.05) is 46.2 Å². The first-order valence-electron chi connectivity index (χ1n) is 10.0. The molecule has 17 heteroatoms. The highest BCUT2D eigenvalue weighted by Crippen LogP contribution is 1.94. The van der Waals surface area contributed by atoms with Crippen LogP contribution in [0, 0.1) is 0 Å². The first kappa shape index (κ1) is 30.9. The smallest absolute Gasteiger partial charge is 0.316 e. The normalized spacial score (nSPS) is 14.2. The predicted octanol–water partition coefficient (Wildman–Crippen LogP) is -6.72. The lowest BCUT2D eigenvalue weighted by atomic mass is 10.2. The standard InChI is InChI=1S/C17H33N7O10/c18-12(27)5-9(14(19)29)23-17(32)24-11(7-26)16(31)21-1-2-33-3-4-34-8-13(28)22-10(6-25)15(20)30/h9-12,25-27H,1-8,18H2,(H2,19,29)(H2,20,30)(H,21,31)(H,22,28)(H2,23,24,32). The Morgan fingerprint density at radius 1 is 0.794 bits per heavy atom. The lowest BCUT2D eigenvalue weighted by Crippen LogP contribution is -2.56. The Morgan fingerprint density at radius 3 is 1.88 bits per heavy atom. The van der Waals surface area contributed by atoms with Crippen molar-refractivity contribution in [2.45, 2.75) is 30.8 Å². The van der Waals surface area contributed by atoms with Gasteiger partial charge < -0.3 is 63.3 Å². The maximum Gasteiger partial charge on any atom is 0.316 e. The molecule has 196 valence electrons. The number of primary amides is 2. The number of rotatable bonds is 18. The summed E-state index contributed by atoms with van der Waals surface area (Å²) in [4.78, 5) is 57.6. The summed E-state index contributed by atoms with van der Waals surface area (Å²) in [6.07, 6.45) is -1.75. The third-order valence-corrected chi connectivity index (χ3v) is 3.94. The summed E-state index contributed by atoms with van der Waals surface area (Å²) in [5.74, 6) is -3.23. The van der Waals surface area contributed by atoms with Gasteiger partial charge in [0.25, 0.3) is 0 Å². The molecule has 0 aromatic rings.